The standard InChI is InChI=1S/C9H9N7S3/c1-10-7-12-5-4(3-11-14-5)6(13-7)18-9-16-15-8(17-2)19-9/h3H,1-2H3,(H2,10,11,12,13,14). The molecule has 0 unspecified atom stereocenters. The second kappa shape index (κ2) is 5.31. The molecular formula is C9H9N7S3. The van der Waals surface area contributed by atoms with Crippen LogP contribution in [-0.4, -0.2) is 43.7 Å². The summed E-state index contributed by atoms with van der Waals surface area (Å²) in [5.41, 5.74) is 0.705. The lowest BCUT2D eigenvalue weighted by Crippen LogP contribution is -1.97. The molecule has 3 aromatic heterocycles. The summed E-state index contributed by atoms with van der Waals surface area (Å²) in [6, 6.07) is 0. The van der Waals surface area contributed by atoms with Gasteiger partial charge >= 0.3 is 0 Å². The van der Waals surface area contributed by atoms with Gasteiger partial charge in [-0.15, -0.1) is 10.2 Å². The Hall–Kier alpha value is -1.39. The summed E-state index contributed by atoms with van der Waals surface area (Å²) in [5, 5.41) is 19.7. The van der Waals surface area contributed by atoms with Crippen molar-refractivity contribution >= 4 is 51.8 Å². The summed E-state index contributed by atoms with van der Waals surface area (Å²) in [6.07, 6.45) is 3.70. The molecular weight excluding hydrogens is 302 g/mol. The van der Waals surface area contributed by atoms with Crippen LogP contribution in [-0.2, 0) is 0 Å². The third kappa shape index (κ3) is 2.51. The van der Waals surface area contributed by atoms with Crippen molar-refractivity contribution in [1.82, 2.24) is 30.4 Å². The van der Waals surface area contributed by atoms with Crippen molar-refractivity contribution < 1.29 is 0 Å². The van der Waals surface area contributed by atoms with Gasteiger partial charge in [-0.2, -0.15) is 10.1 Å². The first-order valence-corrected chi connectivity index (χ1v) is 8.10. The number of rotatable bonds is 4. The van der Waals surface area contributed by atoms with Crippen LogP contribution in [0.25, 0.3) is 11.0 Å². The van der Waals surface area contributed by atoms with Gasteiger partial charge in [0, 0.05) is 7.05 Å². The first-order valence-electron chi connectivity index (χ1n) is 5.24. The molecule has 0 bridgehead atoms. The van der Waals surface area contributed by atoms with Crippen molar-refractivity contribution in [3.8, 4) is 0 Å². The fourth-order valence-electron chi connectivity index (χ4n) is 1.40. The number of fused-ring (bicyclic) bond motifs is 1. The number of H-pyrrole nitrogens is 1. The summed E-state index contributed by atoms with van der Waals surface area (Å²) >= 11 is 4.59. The van der Waals surface area contributed by atoms with Gasteiger partial charge in [-0.1, -0.05) is 23.1 Å². The molecule has 0 radical (unpaired) electrons. The highest BCUT2D eigenvalue weighted by atomic mass is 32.2. The predicted molar refractivity (Wildman–Crippen MR) is 77.0 cm³/mol. The fraction of sp³-hybridized carbons (Fsp3) is 0.222. The van der Waals surface area contributed by atoms with Crippen LogP contribution < -0.4 is 5.32 Å². The normalized spacial score (nSPS) is 11.1. The maximum absolute atomic E-state index is 4.43. The Labute approximate surface area is 121 Å². The van der Waals surface area contributed by atoms with Crippen LogP contribution in [0.2, 0.25) is 0 Å². The molecule has 0 atom stereocenters. The van der Waals surface area contributed by atoms with E-state index in [1.807, 2.05) is 6.26 Å². The third-order valence-electron chi connectivity index (χ3n) is 2.24. The largest absolute Gasteiger partial charge is 0.357 e. The number of aromatic nitrogens is 6. The number of anilines is 1. The quantitative estimate of drug-likeness (QED) is 0.559. The molecule has 0 aliphatic carbocycles. The van der Waals surface area contributed by atoms with E-state index in [0.717, 1.165) is 19.1 Å². The van der Waals surface area contributed by atoms with Crippen molar-refractivity contribution in [2.75, 3.05) is 18.6 Å². The molecule has 2 N–H and O–H groups in total. The monoisotopic (exact) mass is 311 g/mol. The number of hydrogen-bond donors (Lipinski definition) is 2. The molecule has 3 rings (SSSR count). The maximum atomic E-state index is 4.43. The van der Waals surface area contributed by atoms with E-state index in [9.17, 15) is 0 Å². The van der Waals surface area contributed by atoms with E-state index in [4.69, 9.17) is 0 Å². The van der Waals surface area contributed by atoms with E-state index >= 15 is 0 Å². The van der Waals surface area contributed by atoms with Crippen LogP contribution in [0, 0.1) is 0 Å². The summed E-state index contributed by atoms with van der Waals surface area (Å²) in [5.74, 6) is 0.550. The Bertz CT molecular complexity index is 707. The maximum Gasteiger partial charge on any atom is 0.225 e. The second-order valence-electron chi connectivity index (χ2n) is 3.37. The summed E-state index contributed by atoms with van der Waals surface area (Å²) in [4.78, 5) is 8.72. The molecule has 7 nitrogen and oxygen atoms in total. The average molecular weight is 311 g/mol. The van der Waals surface area contributed by atoms with Crippen molar-refractivity contribution in [2.45, 2.75) is 13.7 Å². The van der Waals surface area contributed by atoms with Crippen LogP contribution in [0.15, 0.2) is 19.9 Å². The smallest absolute Gasteiger partial charge is 0.225 e. The Morgan fingerprint density at radius 1 is 1.26 bits per heavy atom. The van der Waals surface area contributed by atoms with E-state index in [1.165, 1.54) is 11.8 Å². The van der Waals surface area contributed by atoms with Gasteiger partial charge in [0.15, 0.2) is 14.3 Å². The van der Waals surface area contributed by atoms with Gasteiger partial charge in [0.05, 0.1) is 11.6 Å². The average Bonchev–Trinajstić information content (AvgIpc) is 3.06. The summed E-state index contributed by atoms with van der Waals surface area (Å²) < 4.78 is 1.79. The Morgan fingerprint density at radius 2 is 2.11 bits per heavy atom. The molecule has 3 heterocycles. The van der Waals surface area contributed by atoms with Crippen LogP contribution in [0.3, 0.4) is 0 Å². The fourth-order valence-corrected chi connectivity index (χ4v) is 3.84. The SMILES string of the molecule is CNc1nc(Sc2nnc(SC)s2)c2cn[nH]c2n1. The Kier molecular flexibility index (Phi) is 3.53. The molecule has 3 aromatic rings. The van der Waals surface area contributed by atoms with Gasteiger partial charge in [0.25, 0.3) is 0 Å². The van der Waals surface area contributed by atoms with Gasteiger partial charge in [-0.3, -0.25) is 5.10 Å². The highest BCUT2D eigenvalue weighted by Gasteiger charge is 2.13. The zero-order valence-corrected chi connectivity index (χ0v) is 12.5. The lowest BCUT2D eigenvalue weighted by molar-refractivity contribution is 0.953. The lowest BCUT2D eigenvalue weighted by atomic mass is 10.4. The topological polar surface area (TPSA) is 92.3 Å². The zero-order chi connectivity index (χ0) is 13.2. The number of thioether (sulfide) groups is 1. The third-order valence-corrected chi connectivity index (χ3v) is 5.20. The summed E-state index contributed by atoms with van der Waals surface area (Å²) in [7, 11) is 1.78. The van der Waals surface area contributed by atoms with E-state index in [2.05, 4.69) is 35.7 Å². The Balaban J connectivity index is 2.01. The first-order chi connectivity index (χ1) is 9.30. The minimum absolute atomic E-state index is 0.550. The molecule has 0 saturated heterocycles. The van der Waals surface area contributed by atoms with Crippen molar-refractivity contribution in [2.24, 2.45) is 0 Å². The Morgan fingerprint density at radius 3 is 2.84 bits per heavy atom. The number of hydrogen-bond acceptors (Lipinski definition) is 9. The second-order valence-corrected chi connectivity index (χ2v) is 6.64. The van der Waals surface area contributed by atoms with E-state index in [1.54, 1.807) is 36.3 Å². The number of aromatic amines is 1. The van der Waals surface area contributed by atoms with Crippen LogP contribution in [0.4, 0.5) is 5.95 Å². The van der Waals surface area contributed by atoms with Gasteiger partial charge in [0.2, 0.25) is 5.95 Å². The molecule has 0 aliphatic rings. The molecule has 0 amide bonds. The van der Waals surface area contributed by atoms with Crippen molar-refractivity contribution in [3.63, 3.8) is 0 Å². The van der Waals surface area contributed by atoms with Crippen molar-refractivity contribution in [3.05, 3.63) is 6.20 Å². The van der Waals surface area contributed by atoms with Gasteiger partial charge in [0.1, 0.15) is 5.03 Å². The van der Waals surface area contributed by atoms with Crippen LogP contribution >= 0.6 is 34.9 Å². The number of nitrogens with one attached hydrogen (secondary N) is 2. The van der Waals surface area contributed by atoms with E-state index in [0.29, 0.717) is 11.6 Å². The van der Waals surface area contributed by atoms with Crippen LogP contribution in [0.5, 0.6) is 0 Å². The van der Waals surface area contributed by atoms with E-state index in [-0.39, 0.29) is 0 Å². The highest BCUT2D eigenvalue weighted by molar-refractivity contribution is 8.03. The molecule has 0 saturated carbocycles. The zero-order valence-electron chi connectivity index (χ0n) is 10.0. The molecule has 0 aromatic carbocycles. The molecule has 98 valence electrons. The molecule has 0 aliphatic heterocycles. The molecule has 10 heteroatoms. The summed E-state index contributed by atoms with van der Waals surface area (Å²) in [6.45, 7) is 0. The number of nitrogens with zero attached hydrogens (tertiary/aromatic N) is 5. The minimum Gasteiger partial charge on any atom is -0.357 e. The highest BCUT2D eigenvalue weighted by Crippen LogP contribution is 2.35. The van der Waals surface area contributed by atoms with E-state index < -0.39 is 0 Å². The first kappa shape index (κ1) is 12.6. The lowest BCUT2D eigenvalue weighted by Gasteiger charge is -2.02. The molecule has 19 heavy (non-hydrogen) atoms. The van der Waals surface area contributed by atoms with Gasteiger partial charge in [-0.05, 0) is 18.0 Å². The van der Waals surface area contributed by atoms with Crippen LogP contribution in [0.1, 0.15) is 0 Å². The molecule has 0 spiro atoms. The van der Waals surface area contributed by atoms with Gasteiger partial charge in [-0.25, -0.2) is 4.98 Å². The minimum atomic E-state index is 0.550. The predicted octanol–water partition coefficient (Wildman–Crippen LogP) is 2.12. The van der Waals surface area contributed by atoms with Crippen molar-refractivity contribution in [1.29, 1.82) is 0 Å². The molecule has 0 fully saturated rings. The van der Waals surface area contributed by atoms with Gasteiger partial charge < -0.3 is 5.32 Å².